The predicted molar refractivity (Wildman–Crippen MR) is 87.1 cm³/mol. The molecule has 0 saturated carbocycles. The van der Waals surface area contributed by atoms with Gasteiger partial charge in [-0.1, -0.05) is 19.1 Å². The molecule has 1 aliphatic rings. The number of hydrogen-bond acceptors (Lipinski definition) is 3. The first-order chi connectivity index (χ1) is 8.72. The molecule has 1 saturated heterocycles. The Morgan fingerprint density at radius 2 is 2.00 bits per heavy atom. The molecule has 2 N–H and O–H groups in total. The van der Waals surface area contributed by atoms with Crippen molar-refractivity contribution in [1.82, 2.24) is 4.90 Å². The van der Waals surface area contributed by atoms with Crippen molar-refractivity contribution in [3.05, 3.63) is 29.8 Å². The predicted octanol–water partition coefficient (Wildman–Crippen LogP) is 3.39. The number of benzene rings is 1. The highest BCUT2D eigenvalue weighted by Gasteiger charge is 2.24. The minimum absolute atomic E-state index is 0. The number of nitrogens with zero attached hydrogens (tertiary/aromatic N) is 1. The first-order valence-electron chi connectivity index (χ1n) is 6.80. The Kier molecular flexibility index (Phi) is 7.22. The van der Waals surface area contributed by atoms with Crippen LogP contribution in [0, 0.1) is 5.92 Å². The lowest BCUT2D eigenvalue weighted by atomic mass is 9.92. The van der Waals surface area contributed by atoms with Crippen molar-refractivity contribution in [1.29, 1.82) is 0 Å². The van der Waals surface area contributed by atoms with Gasteiger partial charge < -0.3 is 5.73 Å². The zero-order valence-corrected chi connectivity index (χ0v) is 13.5. The van der Waals surface area contributed by atoms with Crippen LogP contribution in [-0.4, -0.2) is 30.3 Å². The number of thioether (sulfide) groups is 1. The molecule has 2 atom stereocenters. The largest absolute Gasteiger partial charge is 0.329 e. The van der Waals surface area contributed by atoms with Crippen molar-refractivity contribution < 1.29 is 0 Å². The van der Waals surface area contributed by atoms with E-state index in [2.05, 4.69) is 42.3 Å². The molecule has 1 heterocycles. The normalized spacial score (nSPS) is 23.9. The summed E-state index contributed by atoms with van der Waals surface area (Å²) in [7, 11) is 0. The Morgan fingerprint density at radius 1 is 1.32 bits per heavy atom. The first kappa shape index (κ1) is 16.8. The van der Waals surface area contributed by atoms with Crippen LogP contribution < -0.4 is 5.73 Å². The lowest BCUT2D eigenvalue weighted by Gasteiger charge is -2.38. The highest BCUT2D eigenvalue weighted by Crippen LogP contribution is 2.24. The Morgan fingerprint density at radius 3 is 2.58 bits per heavy atom. The topological polar surface area (TPSA) is 29.3 Å². The minimum Gasteiger partial charge on any atom is -0.329 e. The maximum Gasteiger partial charge on any atom is 0.0237 e. The van der Waals surface area contributed by atoms with E-state index in [1.807, 2.05) is 0 Å². The molecule has 19 heavy (non-hydrogen) atoms. The SMILES string of the molecule is CSc1ccc(CN2CCC(C)CC2CN)cc1.Cl. The van der Waals surface area contributed by atoms with E-state index in [1.165, 1.54) is 29.8 Å². The van der Waals surface area contributed by atoms with E-state index in [9.17, 15) is 0 Å². The van der Waals surface area contributed by atoms with Gasteiger partial charge in [-0.15, -0.1) is 24.2 Å². The van der Waals surface area contributed by atoms with Crippen LogP contribution >= 0.6 is 24.2 Å². The summed E-state index contributed by atoms with van der Waals surface area (Å²) in [6.45, 7) is 5.36. The quantitative estimate of drug-likeness (QED) is 0.864. The van der Waals surface area contributed by atoms with E-state index < -0.39 is 0 Å². The standard InChI is InChI=1S/C15H24N2S.ClH/c1-12-7-8-17(14(9-12)10-16)11-13-3-5-15(18-2)6-4-13;/h3-6,12,14H,7-11,16H2,1-2H3;1H. The molecule has 108 valence electrons. The van der Waals surface area contributed by atoms with Crippen LogP contribution in [0.3, 0.4) is 0 Å². The highest BCUT2D eigenvalue weighted by molar-refractivity contribution is 7.98. The second-order valence-corrected chi connectivity index (χ2v) is 6.22. The van der Waals surface area contributed by atoms with Gasteiger partial charge in [0.15, 0.2) is 0 Å². The summed E-state index contributed by atoms with van der Waals surface area (Å²) in [4.78, 5) is 3.88. The molecule has 2 nitrogen and oxygen atoms in total. The summed E-state index contributed by atoms with van der Waals surface area (Å²) in [5, 5.41) is 0. The Hall–Kier alpha value is -0.220. The van der Waals surface area contributed by atoms with Gasteiger partial charge in [0.25, 0.3) is 0 Å². The minimum atomic E-state index is 0. The molecule has 1 aromatic carbocycles. The van der Waals surface area contributed by atoms with Gasteiger partial charge in [0.1, 0.15) is 0 Å². The molecule has 1 aliphatic heterocycles. The molecule has 0 aliphatic carbocycles. The number of likely N-dealkylation sites (tertiary alicyclic amines) is 1. The van der Waals surface area contributed by atoms with Crippen molar-refractivity contribution in [3.63, 3.8) is 0 Å². The van der Waals surface area contributed by atoms with Gasteiger partial charge >= 0.3 is 0 Å². The molecule has 2 unspecified atom stereocenters. The van der Waals surface area contributed by atoms with Gasteiger partial charge in [-0.25, -0.2) is 0 Å². The average molecular weight is 301 g/mol. The first-order valence-corrected chi connectivity index (χ1v) is 8.02. The van der Waals surface area contributed by atoms with Crippen molar-refractivity contribution in [2.24, 2.45) is 11.7 Å². The van der Waals surface area contributed by atoms with E-state index in [0.717, 1.165) is 19.0 Å². The van der Waals surface area contributed by atoms with Gasteiger partial charge in [-0.3, -0.25) is 4.90 Å². The second-order valence-electron chi connectivity index (χ2n) is 5.34. The number of piperidine rings is 1. The maximum atomic E-state index is 5.91. The maximum absolute atomic E-state index is 5.91. The van der Waals surface area contributed by atoms with E-state index in [4.69, 9.17) is 5.73 Å². The molecular formula is C15H25ClN2S. The van der Waals surface area contributed by atoms with Crippen molar-refractivity contribution >= 4 is 24.2 Å². The number of halogens is 1. The van der Waals surface area contributed by atoms with Crippen molar-refractivity contribution in [2.75, 3.05) is 19.3 Å². The molecule has 0 bridgehead atoms. The molecular weight excluding hydrogens is 276 g/mol. The van der Waals surface area contributed by atoms with E-state index in [-0.39, 0.29) is 12.4 Å². The van der Waals surface area contributed by atoms with Crippen LogP contribution in [0.25, 0.3) is 0 Å². The third kappa shape index (κ3) is 4.67. The molecule has 1 fully saturated rings. The van der Waals surface area contributed by atoms with Crippen LogP contribution in [0.15, 0.2) is 29.2 Å². The lowest BCUT2D eigenvalue weighted by molar-refractivity contribution is 0.115. The second kappa shape index (κ2) is 8.15. The molecule has 4 heteroatoms. The smallest absolute Gasteiger partial charge is 0.0237 e. The Bertz CT molecular complexity index is 369. The van der Waals surface area contributed by atoms with Crippen molar-refractivity contribution in [2.45, 2.75) is 37.2 Å². The fourth-order valence-electron chi connectivity index (χ4n) is 2.72. The van der Waals surface area contributed by atoms with Crippen LogP contribution in [-0.2, 0) is 6.54 Å². The molecule has 0 aromatic heterocycles. The number of nitrogens with two attached hydrogens (primary N) is 1. The van der Waals surface area contributed by atoms with E-state index in [1.54, 1.807) is 11.8 Å². The highest BCUT2D eigenvalue weighted by atomic mass is 35.5. The third-order valence-corrected chi connectivity index (χ3v) is 4.66. The third-order valence-electron chi connectivity index (χ3n) is 3.92. The number of hydrogen-bond donors (Lipinski definition) is 1. The summed E-state index contributed by atoms with van der Waals surface area (Å²) in [6, 6.07) is 9.48. The van der Waals surface area contributed by atoms with Crippen LogP contribution in [0.2, 0.25) is 0 Å². The van der Waals surface area contributed by atoms with Gasteiger partial charge in [-0.2, -0.15) is 0 Å². The monoisotopic (exact) mass is 300 g/mol. The zero-order chi connectivity index (χ0) is 13.0. The number of rotatable bonds is 4. The average Bonchev–Trinajstić information content (AvgIpc) is 2.41. The molecule has 0 radical (unpaired) electrons. The summed E-state index contributed by atoms with van der Waals surface area (Å²) >= 11 is 1.80. The van der Waals surface area contributed by atoms with Crippen molar-refractivity contribution in [3.8, 4) is 0 Å². The van der Waals surface area contributed by atoms with Crippen LogP contribution in [0.5, 0.6) is 0 Å². The molecule has 0 amide bonds. The van der Waals surface area contributed by atoms with Gasteiger partial charge in [0.2, 0.25) is 0 Å². The molecule has 2 rings (SSSR count). The fourth-order valence-corrected chi connectivity index (χ4v) is 3.13. The summed E-state index contributed by atoms with van der Waals surface area (Å²) in [6.07, 6.45) is 4.67. The molecule has 0 spiro atoms. The Labute approximate surface area is 127 Å². The molecule has 1 aromatic rings. The lowest BCUT2D eigenvalue weighted by Crippen LogP contribution is -2.45. The van der Waals surface area contributed by atoms with E-state index >= 15 is 0 Å². The fraction of sp³-hybridized carbons (Fsp3) is 0.600. The van der Waals surface area contributed by atoms with Crippen LogP contribution in [0.1, 0.15) is 25.3 Å². The van der Waals surface area contributed by atoms with E-state index in [0.29, 0.717) is 6.04 Å². The zero-order valence-electron chi connectivity index (χ0n) is 11.8. The van der Waals surface area contributed by atoms with Crippen LogP contribution in [0.4, 0.5) is 0 Å². The van der Waals surface area contributed by atoms with Gasteiger partial charge in [-0.05, 0) is 49.3 Å². The van der Waals surface area contributed by atoms with Gasteiger partial charge in [0.05, 0.1) is 0 Å². The van der Waals surface area contributed by atoms with Gasteiger partial charge in [0, 0.05) is 24.0 Å². The Balaban J connectivity index is 0.00000180. The summed E-state index contributed by atoms with van der Waals surface area (Å²) < 4.78 is 0. The summed E-state index contributed by atoms with van der Waals surface area (Å²) in [5.74, 6) is 0.827. The summed E-state index contributed by atoms with van der Waals surface area (Å²) in [5.41, 5.74) is 7.31.